The number of aryl methyl sites for hydroxylation is 1. The Morgan fingerprint density at radius 3 is 3.05 bits per heavy atom. The summed E-state index contributed by atoms with van der Waals surface area (Å²) in [7, 11) is 1.92. The maximum atomic E-state index is 12.2. The fraction of sp³-hybridized carbons (Fsp3) is 0.529. The summed E-state index contributed by atoms with van der Waals surface area (Å²) < 4.78 is 7.53. The average Bonchev–Trinajstić information content (AvgIpc) is 2.83. The van der Waals surface area contributed by atoms with Crippen LogP contribution in [0.15, 0.2) is 24.3 Å². The molecule has 21 heavy (non-hydrogen) atoms. The summed E-state index contributed by atoms with van der Waals surface area (Å²) in [6, 6.07) is 8.06. The van der Waals surface area contributed by atoms with E-state index in [0.29, 0.717) is 12.8 Å². The summed E-state index contributed by atoms with van der Waals surface area (Å²) in [5.41, 5.74) is 1.97. The quantitative estimate of drug-likeness (QED) is 0.848. The third kappa shape index (κ3) is 3.32. The van der Waals surface area contributed by atoms with E-state index in [9.17, 15) is 4.79 Å². The van der Waals surface area contributed by atoms with Gasteiger partial charge in [0.15, 0.2) is 0 Å². The molecule has 1 aliphatic rings. The summed E-state index contributed by atoms with van der Waals surface area (Å²) in [4.78, 5) is 12.2. The van der Waals surface area contributed by atoms with Crippen molar-refractivity contribution in [2.45, 2.75) is 44.6 Å². The number of carbonyl (C=O) groups is 1. The van der Waals surface area contributed by atoms with Gasteiger partial charge in [-0.2, -0.15) is 5.10 Å². The molecule has 1 aromatic carbocycles. The lowest BCUT2D eigenvalue weighted by atomic mass is 10.0. The Morgan fingerprint density at radius 2 is 2.24 bits per heavy atom. The molecule has 112 valence electrons. The number of ether oxygens (including phenoxy) is 1. The number of aromatic nitrogens is 2. The van der Waals surface area contributed by atoms with E-state index in [1.165, 1.54) is 6.42 Å². The molecule has 0 bridgehead atoms. The maximum Gasteiger partial charge on any atom is 0.139 e. The van der Waals surface area contributed by atoms with Crippen molar-refractivity contribution in [1.29, 1.82) is 0 Å². The third-order valence-corrected chi connectivity index (χ3v) is 4.22. The number of nitrogens with zero attached hydrogens (tertiary/aromatic N) is 2. The fourth-order valence-electron chi connectivity index (χ4n) is 3.05. The van der Waals surface area contributed by atoms with E-state index < -0.39 is 0 Å². The molecule has 1 fully saturated rings. The highest BCUT2D eigenvalue weighted by Gasteiger charge is 2.17. The molecule has 2 aromatic rings. The monoisotopic (exact) mass is 286 g/mol. The molecule has 4 nitrogen and oxygen atoms in total. The van der Waals surface area contributed by atoms with Crippen LogP contribution >= 0.6 is 0 Å². The van der Waals surface area contributed by atoms with Crippen molar-refractivity contribution in [3.63, 3.8) is 0 Å². The van der Waals surface area contributed by atoms with Crippen molar-refractivity contribution < 1.29 is 9.53 Å². The van der Waals surface area contributed by atoms with Gasteiger partial charge in [-0.1, -0.05) is 18.2 Å². The van der Waals surface area contributed by atoms with Crippen molar-refractivity contribution in [3.8, 4) is 0 Å². The van der Waals surface area contributed by atoms with Gasteiger partial charge >= 0.3 is 0 Å². The predicted octanol–water partition coefficient (Wildman–Crippen LogP) is 3.03. The molecule has 0 N–H and O–H groups in total. The first kappa shape index (κ1) is 14.3. The van der Waals surface area contributed by atoms with Crippen molar-refractivity contribution in [2.24, 2.45) is 7.05 Å². The Hall–Kier alpha value is -1.68. The molecule has 1 atom stereocenters. The minimum absolute atomic E-state index is 0.257. The van der Waals surface area contributed by atoms with Crippen LogP contribution in [0.4, 0.5) is 0 Å². The van der Waals surface area contributed by atoms with Gasteiger partial charge in [-0.25, -0.2) is 0 Å². The van der Waals surface area contributed by atoms with Crippen LogP contribution in [0.25, 0.3) is 10.9 Å². The lowest BCUT2D eigenvalue weighted by Crippen LogP contribution is -2.20. The maximum absolute atomic E-state index is 12.2. The van der Waals surface area contributed by atoms with Crippen LogP contribution in [0.1, 0.15) is 37.8 Å². The highest BCUT2D eigenvalue weighted by atomic mass is 16.5. The number of benzene rings is 1. The highest BCUT2D eigenvalue weighted by Crippen LogP contribution is 2.20. The minimum atomic E-state index is 0.257. The number of hydrogen-bond donors (Lipinski definition) is 0. The normalized spacial score (nSPS) is 19.0. The summed E-state index contributed by atoms with van der Waals surface area (Å²) in [6.07, 6.45) is 5.63. The molecule has 4 heteroatoms. The first-order valence-corrected chi connectivity index (χ1v) is 7.78. The van der Waals surface area contributed by atoms with Gasteiger partial charge in [-0.3, -0.25) is 9.48 Å². The van der Waals surface area contributed by atoms with E-state index in [4.69, 9.17) is 4.74 Å². The summed E-state index contributed by atoms with van der Waals surface area (Å²) in [6.45, 7) is 0.851. The molecule has 1 unspecified atom stereocenters. The zero-order valence-corrected chi connectivity index (χ0v) is 12.5. The second-order valence-corrected chi connectivity index (χ2v) is 5.83. The van der Waals surface area contributed by atoms with Gasteiger partial charge in [-0.05, 0) is 31.7 Å². The lowest BCUT2D eigenvalue weighted by Gasteiger charge is -2.22. The van der Waals surface area contributed by atoms with E-state index in [1.807, 2.05) is 36.0 Å². The smallest absolute Gasteiger partial charge is 0.139 e. The Bertz CT molecular complexity index is 627. The Labute approximate surface area is 125 Å². The highest BCUT2D eigenvalue weighted by molar-refractivity contribution is 5.88. The van der Waals surface area contributed by atoms with Crippen LogP contribution in [0, 0.1) is 0 Å². The van der Waals surface area contributed by atoms with Gasteiger partial charge in [-0.15, -0.1) is 0 Å². The Balaban J connectivity index is 1.61. The summed E-state index contributed by atoms with van der Waals surface area (Å²) in [5, 5.41) is 5.57. The summed E-state index contributed by atoms with van der Waals surface area (Å²) in [5.74, 6) is 0.257. The number of fused-ring (bicyclic) bond motifs is 1. The Morgan fingerprint density at radius 1 is 1.38 bits per heavy atom. The van der Waals surface area contributed by atoms with Crippen molar-refractivity contribution in [3.05, 3.63) is 30.0 Å². The van der Waals surface area contributed by atoms with E-state index in [1.54, 1.807) is 0 Å². The second kappa shape index (κ2) is 6.39. The number of rotatable bonds is 5. The molecular weight excluding hydrogens is 264 g/mol. The predicted molar refractivity (Wildman–Crippen MR) is 82.3 cm³/mol. The number of hydrogen-bond acceptors (Lipinski definition) is 3. The van der Waals surface area contributed by atoms with Gasteiger partial charge in [0, 0.05) is 25.5 Å². The van der Waals surface area contributed by atoms with Crippen LogP contribution in [0.3, 0.4) is 0 Å². The molecule has 2 heterocycles. The van der Waals surface area contributed by atoms with Gasteiger partial charge in [0.1, 0.15) is 5.78 Å². The third-order valence-electron chi connectivity index (χ3n) is 4.22. The number of ketones is 1. The standard InChI is InChI=1S/C17H22N2O2/c1-19-17-8-3-2-7-15(17)16(18-19)12-13(20)9-10-14-6-4-5-11-21-14/h2-3,7-8,14H,4-6,9-12H2,1H3. The number of para-hydroxylation sites is 1. The molecule has 0 radical (unpaired) electrons. The lowest BCUT2D eigenvalue weighted by molar-refractivity contribution is -0.119. The van der Waals surface area contributed by atoms with Crippen LogP contribution in [0.5, 0.6) is 0 Å². The molecule has 0 aliphatic carbocycles. The molecule has 0 amide bonds. The number of Topliss-reactive ketones (excluding diaryl/α,β-unsaturated/α-hetero) is 1. The molecular formula is C17H22N2O2. The van der Waals surface area contributed by atoms with Crippen molar-refractivity contribution >= 4 is 16.7 Å². The van der Waals surface area contributed by atoms with E-state index >= 15 is 0 Å². The van der Waals surface area contributed by atoms with Gasteiger partial charge in [0.2, 0.25) is 0 Å². The summed E-state index contributed by atoms with van der Waals surface area (Å²) >= 11 is 0. The SMILES string of the molecule is Cn1nc(CC(=O)CCC2CCCCO2)c2ccccc21. The Kier molecular flexibility index (Phi) is 4.34. The van der Waals surface area contributed by atoms with E-state index in [0.717, 1.165) is 42.5 Å². The molecule has 3 rings (SSSR count). The zero-order chi connectivity index (χ0) is 14.7. The number of carbonyl (C=O) groups excluding carboxylic acids is 1. The molecule has 0 spiro atoms. The first-order chi connectivity index (χ1) is 10.2. The molecule has 0 saturated carbocycles. The van der Waals surface area contributed by atoms with Crippen LogP contribution in [-0.4, -0.2) is 28.3 Å². The van der Waals surface area contributed by atoms with Gasteiger partial charge in [0.05, 0.1) is 23.7 Å². The van der Waals surface area contributed by atoms with Crippen LogP contribution in [0.2, 0.25) is 0 Å². The molecule has 1 aromatic heterocycles. The molecule has 1 aliphatic heterocycles. The fourth-order valence-corrected chi connectivity index (χ4v) is 3.05. The van der Waals surface area contributed by atoms with Crippen LogP contribution < -0.4 is 0 Å². The topological polar surface area (TPSA) is 44.1 Å². The second-order valence-electron chi connectivity index (χ2n) is 5.83. The molecule has 1 saturated heterocycles. The first-order valence-electron chi connectivity index (χ1n) is 7.78. The van der Waals surface area contributed by atoms with Gasteiger partial charge < -0.3 is 4.74 Å². The largest absolute Gasteiger partial charge is 0.378 e. The minimum Gasteiger partial charge on any atom is -0.378 e. The van der Waals surface area contributed by atoms with Crippen molar-refractivity contribution in [2.75, 3.05) is 6.61 Å². The zero-order valence-electron chi connectivity index (χ0n) is 12.5. The van der Waals surface area contributed by atoms with Gasteiger partial charge in [0.25, 0.3) is 0 Å². The van der Waals surface area contributed by atoms with E-state index in [2.05, 4.69) is 5.10 Å². The average molecular weight is 286 g/mol. The van der Waals surface area contributed by atoms with E-state index in [-0.39, 0.29) is 11.9 Å². The van der Waals surface area contributed by atoms with Crippen molar-refractivity contribution in [1.82, 2.24) is 9.78 Å². The van der Waals surface area contributed by atoms with Crippen LogP contribution in [-0.2, 0) is 23.0 Å².